The molecular formula is C15H19N3O. The lowest BCUT2D eigenvalue weighted by atomic mass is 10.0. The van der Waals surface area contributed by atoms with Crippen LogP contribution in [-0.2, 0) is 19.4 Å². The van der Waals surface area contributed by atoms with Gasteiger partial charge in [-0.05, 0) is 37.3 Å². The van der Waals surface area contributed by atoms with Crippen LogP contribution >= 0.6 is 0 Å². The standard InChI is InChI=1S/C15H19N3O/c1-11-4-2-3-5-12(11)6-9-15-17-14(18-19-15)10-16-13-7-8-13/h2-5,13,16H,6-10H2,1H3. The first kappa shape index (κ1) is 12.4. The van der Waals surface area contributed by atoms with Gasteiger partial charge in [0.05, 0.1) is 6.54 Å². The zero-order chi connectivity index (χ0) is 13.1. The van der Waals surface area contributed by atoms with E-state index in [-0.39, 0.29) is 0 Å². The van der Waals surface area contributed by atoms with Crippen LogP contribution in [0.25, 0.3) is 0 Å². The Labute approximate surface area is 113 Å². The van der Waals surface area contributed by atoms with E-state index in [1.807, 2.05) is 0 Å². The van der Waals surface area contributed by atoms with Gasteiger partial charge in [0, 0.05) is 12.5 Å². The van der Waals surface area contributed by atoms with Gasteiger partial charge < -0.3 is 9.84 Å². The fourth-order valence-corrected chi connectivity index (χ4v) is 2.12. The van der Waals surface area contributed by atoms with E-state index in [1.54, 1.807) is 0 Å². The maximum Gasteiger partial charge on any atom is 0.227 e. The minimum atomic E-state index is 0.675. The first-order valence-electron chi connectivity index (χ1n) is 6.90. The highest BCUT2D eigenvalue weighted by Crippen LogP contribution is 2.19. The van der Waals surface area contributed by atoms with Crippen molar-refractivity contribution >= 4 is 0 Å². The molecule has 4 nitrogen and oxygen atoms in total. The Morgan fingerprint density at radius 3 is 2.89 bits per heavy atom. The minimum absolute atomic E-state index is 0.675. The summed E-state index contributed by atoms with van der Waals surface area (Å²) in [5.74, 6) is 1.50. The van der Waals surface area contributed by atoms with E-state index in [0.717, 1.165) is 31.1 Å². The van der Waals surface area contributed by atoms with E-state index in [2.05, 4.69) is 46.6 Å². The van der Waals surface area contributed by atoms with Crippen LogP contribution < -0.4 is 5.32 Å². The van der Waals surface area contributed by atoms with Crippen LogP contribution in [0, 0.1) is 6.92 Å². The quantitative estimate of drug-likeness (QED) is 0.863. The number of hydrogen-bond donors (Lipinski definition) is 1. The highest BCUT2D eigenvalue weighted by Gasteiger charge is 2.21. The molecule has 1 fully saturated rings. The molecule has 1 aromatic heterocycles. The summed E-state index contributed by atoms with van der Waals surface area (Å²) in [6, 6.07) is 9.10. The summed E-state index contributed by atoms with van der Waals surface area (Å²) in [5.41, 5.74) is 2.66. The first-order chi connectivity index (χ1) is 9.31. The molecule has 1 aromatic carbocycles. The summed E-state index contributed by atoms with van der Waals surface area (Å²) in [4.78, 5) is 4.41. The Morgan fingerprint density at radius 2 is 2.11 bits per heavy atom. The molecule has 0 spiro atoms. The van der Waals surface area contributed by atoms with E-state index in [1.165, 1.54) is 24.0 Å². The van der Waals surface area contributed by atoms with Gasteiger partial charge in [-0.2, -0.15) is 4.98 Å². The molecule has 0 unspecified atom stereocenters. The third-order valence-corrected chi connectivity index (χ3v) is 3.51. The maximum atomic E-state index is 5.28. The molecule has 0 bridgehead atoms. The summed E-state index contributed by atoms with van der Waals surface area (Å²) in [7, 11) is 0. The summed E-state index contributed by atoms with van der Waals surface area (Å²) in [6.45, 7) is 2.85. The van der Waals surface area contributed by atoms with E-state index in [9.17, 15) is 0 Å². The fourth-order valence-electron chi connectivity index (χ4n) is 2.12. The van der Waals surface area contributed by atoms with Gasteiger partial charge in [0.15, 0.2) is 5.82 Å². The van der Waals surface area contributed by atoms with Crippen LogP contribution in [0.5, 0.6) is 0 Å². The van der Waals surface area contributed by atoms with Gasteiger partial charge in [-0.3, -0.25) is 0 Å². The van der Waals surface area contributed by atoms with Crippen molar-refractivity contribution in [2.24, 2.45) is 0 Å². The molecule has 2 aromatic rings. The molecule has 0 radical (unpaired) electrons. The van der Waals surface area contributed by atoms with Crippen molar-refractivity contribution in [1.29, 1.82) is 0 Å². The number of benzene rings is 1. The van der Waals surface area contributed by atoms with Crippen LogP contribution in [0.3, 0.4) is 0 Å². The van der Waals surface area contributed by atoms with E-state index >= 15 is 0 Å². The van der Waals surface area contributed by atoms with Gasteiger partial charge in [-0.1, -0.05) is 29.4 Å². The third-order valence-electron chi connectivity index (χ3n) is 3.51. The molecular weight excluding hydrogens is 238 g/mol. The average molecular weight is 257 g/mol. The van der Waals surface area contributed by atoms with Crippen LogP contribution in [0.4, 0.5) is 0 Å². The highest BCUT2D eigenvalue weighted by atomic mass is 16.5. The lowest BCUT2D eigenvalue weighted by Gasteiger charge is -2.02. The monoisotopic (exact) mass is 257 g/mol. The second-order valence-corrected chi connectivity index (χ2v) is 5.19. The molecule has 0 amide bonds. The van der Waals surface area contributed by atoms with Crippen LogP contribution in [0.1, 0.15) is 35.7 Å². The summed E-state index contributed by atoms with van der Waals surface area (Å²) in [5, 5.41) is 7.39. The van der Waals surface area contributed by atoms with E-state index in [0.29, 0.717) is 6.04 Å². The van der Waals surface area contributed by atoms with Crippen LogP contribution in [0.15, 0.2) is 28.8 Å². The molecule has 0 saturated heterocycles. The number of nitrogens with zero attached hydrogens (tertiary/aromatic N) is 2. The fraction of sp³-hybridized carbons (Fsp3) is 0.467. The number of aryl methyl sites for hydroxylation is 3. The van der Waals surface area contributed by atoms with Gasteiger partial charge in [0.25, 0.3) is 0 Å². The van der Waals surface area contributed by atoms with Crippen molar-refractivity contribution in [3.05, 3.63) is 47.1 Å². The van der Waals surface area contributed by atoms with E-state index < -0.39 is 0 Å². The van der Waals surface area contributed by atoms with E-state index in [4.69, 9.17) is 4.52 Å². The lowest BCUT2D eigenvalue weighted by Crippen LogP contribution is -2.16. The first-order valence-corrected chi connectivity index (χ1v) is 6.90. The van der Waals surface area contributed by atoms with Gasteiger partial charge in [0.1, 0.15) is 0 Å². The lowest BCUT2D eigenvalue weighted by molar-refractivity contribution is 0.371. The second-order valence-electron chi connectivity index (χ2n) is 5.19. The molecule has 1 aliphatic rings. The number of rotatable bonds is 6. The van der Waals surface area contributed by atoms with Gasteiger partial charge in [0.2, 0.25) is 5.89 Å². The Kier molecular flexibility index (Phi) is 3.60. The largest absolute Gasteiger partial charge is 0.339 e. The third kappa shape index (κ3) is 3.41. The molecule has 1 N–H and O–H groups in total. The Hall–Kier alpha value is -1.68. The SMILES string of the molecule is Cc1ccccc1CCc1nc(CNC2CC2)no1. The minimum Gasteiger partial charge on any atom is -0.339 e. The maximum absolute atomic E-state index is 5.28. The number of hydrogen-bond acceptors (Lipinski definition) is 4. The van der Waals surface area contributed by atoms with Crippen molar-refractivity contribution in [2.75, 3.05) is 0 Å². The summed E-state index contributed by atoms with van der Waals surface area (Å²) >= 11 is 0. The summed E-state index contributed by atoms with van der Waals surface area (Å²) in [6.07, 6.45) is 4.31. The molecule has 19 heavy (non-hydrogen) atoms. The Bertz CT molecular complexity index is 546. The molecule has 1 heterocycles. The zero-order valence-corrected chi connectivity index (χ0v) is 11.2. The van der Waals surface area contributed by atoms with Crippen LogP contribution in [-0.4, -0.2) is 16.2 Å². The molecule has 4 heteroatoms. The average Bonchev–Trinajstić information content (AvgIpc) is 3.14. The molecule has 1 aliphatic carbocycles. The highest BCUT2D eigenvalue weighted by molar-refractivity contribution is 5.25. The smallest absolute Gasteiger partial charge is 0.227 e. The summed E-state index contributed by atoms with van der Waals surface area (Å²) < 4.78 is 5.28. The van der Waals surface area contributed by atoms with Gasteiger partial charge in [-0.25, -0.2) is 0 Å². The van der Waals surface area contributed by atoms with Gasteiger partial charge in [-0.15, -0.1) is 0 Å². The molecule has 3 rings (SSSR count). The van der Waals surface area contributed by atoms with Crippen molar-refractivity contribution in [1.82, 2.24) is 15.5 Å². The number of aromatic nitrogens is 2. The second kappa shape index (κ2) is 5.53. The van der Waals surface area contributed by atoms with Crippen molar-refractivity contribution in [2.45, 2.75) is 45.2 Å². The molecule has 0 aliphatic heterocycles. The topological polar surface area (TPSA) is 51.0 Å². The van der Waals surface area contributed by atoms with Crippen molar-refractivity contribution < 1.29 is 4.52 Å². The Balaban J connectivity index is 1.53. The number of nitrogens with one attached hydrogen (secondary N) is 1. The zero-order valence-electron chi connectivity index (χ0n) is 11.2. The van der Waals surface area contributed by atoms with Crippen molar-refractivity contribution in [3.8, 4) is 0 Å². The normalized spacial score (nSPS) is 14.8. The van der Waals surface area contributed by atoms with Gasteiger partial charge >= 0.3 is 0 Å². The molecule has 1 saturated carbocycles. The molecule has 0 atom stereocenters. The predicted octanol–water partition coefficient (Wildman–Crippen LogP) is 2.42. The van der Waals surface area contributed by atoms with Crippen LogP contribution in [0.2, 0.25) is 0 Å². The molecule has 100 valence electrons. The Morgan fingerprint density at radius 1 is 1.26 bits per heavy atom. The van der Waals surface area contributed by atoms with Crippen molar-refractivity contribution in [3.63, 3.8) is 0 Å². The predicted molar refractivity (Wildman–Crippen MR) is 72.7 cm³/mol.